The van der Waals surface area contributed by atoms with Crippen LogP contribution in [0.25, 0.3) is 0 Å². The number of allylic oxidation sites excluding steroid dienone is 2. The lowest BCUT2D eigenvalue weighted by atomic mass is 9.45. The number of carbonyl (C=O) groups is 1. The summed E-state index contributed by atoms with van der Waals surface area (Å²) in [4.78, 5) is 13.1. The lowest BCUT2D eigenvalue weighted by Crippen LogP contribution is -2.56. The van der Waals surface area contributed by atoms with Crippen LogP contribution >= 0.6 is 0 Å². The van der Waals surface area contributed by atoms with E-state index in [9.17, 15) is 4.79 Å². The molecule has 3 aliphatic rings. The SMILES string of the molecule is CC(C)(C)[Si](C)(C)OC1=C2CCCC[C@@]2(C)[C@]2(C)C(=O)CCC[C@@H]2C1. The second-order valence-corrected chi connectivity index (χ2v) is 15.4. The molecule has 3 rings (SSSR count). The zero-order valence-electron chi connectivity index (χ0n) is 17.6. The van der Waals surface area contributed by atoms with E-state index < -0.39 is 8.32 Å². The first-order valence-corrected chi connectivity index (χ1v) is 13.3. The van der Waals surface area contributed by atoms with Gasteiger partial charge < -0.3 is 4.43 Å². The first-order valence-electron chi connectivity index (χ1n) is 10.4. The van der Waals surface area contributed by atoms with Gasteiger partial charge in [0.05, 0.1) is 5.76 Å². The van der Waals surface area contributed by atoms with E-state index in [0.29, 0.717) is 11.7 Å². The predicted octanol–water partition coefficient (Wildman–Crippen LogP) is 6.62. The topological polar surface area (TPSA) is 26.3 Å². The molecule has 0 aromatic heterocycles. The van der Waals surface area contributed by atoms with Crippen LogP contribution in [0.1, 0.15) is 86.0 Å². The summed E-state index contributed by atoms with van der Waals surface area (Å²) in [6, 6.07) is 0. The third kappa shape index (κ3) is 2.76. The Hall–Kier alpha value is -0.573. The molecule has 0 aromatic rings. The average molecular weight is 363 g/mol. The maximum absolute atomic E-state index is 13.1. The molecule has 0 saturated heterocycles. The van der Waals surface area contributed by atoms with Gasteiger partial charge in [-0.3, -0.25) is 4.79 Å². The molecule has 0 amide bonds. The highest BCUT2D eigenvalue weighted by Gasteiger charge is 2.60. The molecule has 0 bridgehead atoms. The van der Waals surface area contributed by atoms with E-state index >= 15 is 0 Å². The van der Waals surface area contributed by atoms with Crippen LogP contribution in [0, 0.1) is 16.7 Å². The van der Waals surface area contributed by atoms with Gasteiger partial charge >= 0.3 is 0 Å². The number of Topliss-reactive ketones (excluding diaryl/α,β-unsaturated/α-hetero) is 1. The van der Waals surface area contributed by atoms with Crippen molar-refractivity contribution < 1.29 is 9.22 Å². The van der Waals surface area contributed by atoms with Gasteiger partial charge in [0.15, 0.2) is 0 Å². The minimum Gasteiger partial charge on any atom is -0.547 e. The summed E-state index contributed by atoms with van der Waals surface area (Å²) >= 11 is 0. The molecule has 0 heterocycles. The van der Waals surface area contributed by atoms with Crippen LogP contribution in [0.5, 0.6) is 0 Å². The van der Waals surface area contributed by atoms with E-state index in [1.807, 2.05) is 0 Å². The molecule has 0 radical (unpaired) electrons. The van der Waals surface area contributed by atoms with Gasteiger partial charge in [-0.2, -0.15) is 0 Å². The zero-order valence-corrected chi connectivity index (χ0v) is 18.6. The Morgan fingerprint density at radius 1 is 1.08 bits per heavy atom. The van der Waals surface area contributed by atoms with Crippen LogP contribution in [0.2, 0.25) is 18.1 Å². The minimum absolute atomic E-state index is 0.0172. The first kappa shape index (κ1) is 19.2. The van der Waals surface area contributed by atoms with Crippen LogP contribution in [-0.4, -0.2) is 14.1 Å². The standard InChI is InChI=1S/C22H38O2Si/c1-20(2,3)25(6,7)24-18-15-16-11-10-13-19(23)22(16,5)21(4)14-9-8-12-17(18)21/h16H,8-15H2,1-7H3/t16-,21-,22+/m1/s1. The Balaban J connectivity index is 2.08. The number of rotatable bonds is 2. The number of hydrogen-bond donors (Lipinski definition) is 0. The number of hydrogen-bond acceptors (Lipinski definition) is 2. The van der Waals surface area contributed by atoms with E-state index in [1.54, 1.807) is 0 Å². The number of ketones is 1. The molecule has 3 heteroatoms. The van der Waals surface area contributed by atoms with Gasteiger partial charge in [0.2, 0.25) is 8.32 Å². The Kier molecular flexibility index (Phi) is 4.58. The molecule has 0 aliphatic heterocycles. The van der Waals surface area contributed by atoms with Crippen molar-refractivity contribution in [3.05, 3.63) is 11.3 Å². The average Bonchev–Trinajstić information content (AvgIpc) is 2.49. The van der Waals surface area contributed by atoms with Gasteiger partial charge in [0.1, 0.15) is 5.78 Å². The van der Waals surface area contributed by atoms with Gasteiger partial charge in [-0.15, -0.1) is 0 Å². The maximum atomic E-state index is 13.1. The zero-order chi connectivity index (χ0) is 18.7. The molecular weight excluding hydrogens is 324 g/mol. The monoisotopic (exact) mass is 362 g/mol. The Labute approximate surface area is 155 Å². The van der Waals surface area contributed by atoms with Crippen LogP contribution in [-0.2, 0) is 9.22 Å². The van der Waals surface area contributed by atoms with E-state index in [0.717, 1.165) is 32.1 Å². The molecular formula is C22H38O2Si. The molecule has 0 aromatic carbocycles. The fourth-order valence-electron chi connectivity index (χ4n) is 5.49. The summed E-state index contributed by atoms with van der Waals surface area (Å²) in [7, 11) is -1.84. The summed E-state index contributed by atoms with van der Waals surface area (Å²) in [6.07, 6.45) is 8.84. The number of carbonyl (C=O) groups excluding carboxylic acids is 1. The van der Waals surface area contributed by atoms with E-state index in [4.69, 9.17) is 4.43 Å². The Morgan fingerprint density at radius 3 is 2.40 bits per heavy atom. The maximum Gasteiger partial charge on any atom is 0.250 e. The lowest BCUT2D eigenvalue weighted by Gasteiger charge is -2.59. The molecule has 142 valence electrons. The summed E-state index contributed by atoms with van der Waals surface area (Å²) in [5.74, 6) is 2.29. The summed E-state index contributed by atoms with van der Waals surface area (Å²) < 4.78 is 6.91. The van der Waals surface area contributed by atoms with Crippen molar-refractivity contribution in [3.8, 4) is 0 Å². The Morgan fingerprint density at radius 2 is 1.76 bits per heavy atom. The second kappa shape index (κ2) is 5.97. The molecule has 2 nitrogen and oxygen atoms in total. The van der Waals surface area contributed by atoms with Gasteiger partial charge in [-0.1, -0.05) is 41.0 Å². The molecule has 2 saturated carbocycles. The molecule has 2 fully saturated rings. The minimum atomic E-state index is -1.84. The van der Waals surface area contributed by atoms with Gasteiger partial charge in [0, 0.05) is 23.7 Å². The second-order valence-electron chi connectivity index (χ2n) is 10.7. The molecule has 0 N–H and O–H groups in total. The fraction of sp³-hybridized carbons (Fsp3) is 0.864. The van der Waals surface area contributed by atoms with Crippen molar-refractivity contribution in [2.45, 2.75) is 104 Å². The van der Waals surface area contributed by atoms with Crippen LogP contribution in [0.4, 0.5) is 0 Å². The van der Waals surface area contributed by atoms with Gasteiger partial charge in [0.25, 0.3) is 0 Å². The predicted molar refractivity (Wildman–Crippen MR) is 107 cm³/mol. The van der Waals surface area contributed by atoms with Crippen LogP contribution in [0.15, 0.2) is 11.3 Å². The van der Waals surface area contributed by atoms with Gasteiger partial charge in [-0.05, 0) is 61.7 Å². The third-order valence-corrected chi connectivity index (χ3v) is 12.8. The normalized spacial score (nSPS) is 36.8. The molecule has 0 spiro atoms. The van der Waals surface area contributed by atoms with Crippen molar-refractivity contribution in [3.63, 3.8) is 0 Å². The van der Waals surface area contributed by atoms with Gasteiger partial charge in [-0.25, -0.2) is 0 Å². The van der Waals surface area contributed by atoms with E-state index in [-0.39, 0.29) is 15.9 Å². The molecule has 25 heavy (non-hydrogen) atoms. The van der Waals surface area contributed by atoms with Crippen LogP contribution < -0.4 is 0 Å². The quantitative estimate of drug-likeness (QED) is 0.516. The first-order chi connectivity index (χ1) is 11.4. The highest BCUT2D eigenvalue weighted by Crippen LogP contribution is 2.64. The van der Waals surface area contributed by atoms with E-state index in [2.05, 4.69) is 47.7 Å². The summed E-state index contributed by atoms with van der Waals surface area (Å²) in [5.41, 5.74) is 1.36. The van der Waals surface area contributed by atoms with Crippen molar-refractivity contribution in [1.82, 2.24) is 0 Å². The third-order valence-electron chi connectivity index (χ3n) is 8.47. The van der Waals surface area contributed by atoms with Crippen molar-refractivity contribution in [2.75, 3.05) is 0 Å². The highest BCUT2D eigenvalue weighted by molar-refractivity contribution is 6.74. The molecule has 0 unspecified atom stereocenters. The van der Waals surface area contributed by atoms with Crippen molar-refractivity contribution >= 4 is 14.1 Å². The lowest BCUT2D eigenvalue weighted by molar-refractivity contribution is -0.146. The molecule has 3 atom stereocenters. The Bertz CT molecular complexity index is 598. The van der Waals surface area contributed by atoms with Crippen molar-refractivity contribution in [1.29, 1.82) is 0 Å². The highest BCUT2D eigenvalue weighted by atomic mass is 28.4. The summed E-state index contributed by atoms with van der Waals surface area (Å²) in [6.45, 7) is 16.4. The fourth-order valence-corrected chi connectivity index (χ4v) is 6.62. The smallest absolute Gasteiger partial charge is 0.250 e. The van der Waals surface area contributed by atoms with Crippen molar-refractivity contribution in [2.24, 2.45) is 16.7 Å². The largest absolute Gasteiger partial charge is 0.547 e. The van der Waals surface area contributed by atoms with Crippen LogP contribution in [0.3, 0.4) is 0 Å². The van der Waals surface area contributed by atoms with E-state index in [1.165, 1.54) is 30.6 Å². The summed E-state index contributed by atoms with van der Waals surface area (Å²) in [5, 5.41) is 0.217. The number of fused-ring (bicyclic) bond motifs is 3. The molecule has 3 aliphatic carbocycles.